The van der Waals surface area contributed by atoms with Crippen LogP contribution in [0.4, 0.5) is 14.9 Å². The number of nitrogens with zero attached hydrogens (tertiary/aromatic N) is 2. The van der Waals surface area contributed by atoms with E-state index in [4.69, 9.17) is 23.2 Å². The molecule has 8 nitrogen and oxygen atoms in total. The Morgan fingerprint density at radius 2 is 1.71 bits per heavy atom. The number of Topliss-reactive ketones (excluding diaryl/α,β-unsaturated/α-hetero) is 1. The number of hydrogen-bond donors (Lipinski definition) is 2. The van der Waals surface area contributed by atoms with Crippen molar-refractivity contribution in [1.29, 1.82) is 0 Å². The summed E-state index contributed by atoms with van der Waals surface area (Å²) in [7, 11) is 1.27. The van der Waals surface area contributed by atoms with E-state index < -0.39 is 23.9 Å². The van der Waals surface area contributed by atoms with E-state index >= 15 is 0 Å². The molecular formula is C31H25Cl2FN4O4. The van der Waals surface area contributed by atoms with Crippen LogP contribution in [0, 0.1) is 5.82 Å². The van der Waals surface area contributed by atoms with Gasteiger partial charge in [-0.3, -0.25) is 14.9 Å². The molecule has 0 unspecified atom stereocenters. The van der Waals surface area contributed by atoms with E-state index in [0.29, 0.717) is 28.9 Å². The molecule has 0 aliphatic carbocycles. The number of carbonyl (C=O) groups is 3. The number of anilines is 1. The van der Waals surface area contributed by atoms with Gasteiger partial charge in [-0.05, 0) is 60.9 Å². The molecule has 0 aliphatic heterocycles. The second-order valence-corrected chi connectivity index (χ2v) is 9.90. The van der Waals surface area contributed by atoms with E-state index in [1.165, 1.54) is 32.2 Å². The van der Waals surface area contributed by atoms with Gasteiger partial charge in [-0.15, -0.1) is 5.10 Å². The highest BCUT2D eigenvalue weighted by Crippen LogP contribution is 2.30. The van der Waals surface area contributed by atoms with Crippen LogP contribution in [0.3, 0.4) is 0 Å². The smallest absolute Gasteiger partial charge is 0.411 e. The van der Waals surface area contributed by atoms with Crippen molar-refractivity contribution in [2.24, 2.45) is 0 Å². The summed E-state index contributed by atoms with van der Waals surface area (Å²) in [5.74, 6) is -1.72. The molecule has 1 aromatic heterocycles. The first kappa shape index (κ1) is 30.4. The lowest BCUT2D eigenvalue weighted by Crippen LogP contribution is -2.29. The number of ether oxygens (including phenoxy) is 1. The zero-order chi connectivity index (χ0) is 30.2. The number of benzene rings is 3. The SMILES string of the molecule is COC(=O)Nc1ccc(-c2cc([C@H](Cc3ccccc3)NC(=O)/C=C/c3c(C(C)=O)ccc(Cl)c3F)nnc2Cl)cc1. The molecule has 2 amide bonds. The summed E-state index contributed by atoms with van der Waals surface area (Å²) >= 11 is 12.3. The van der Waals surface area contributed by atoms with Gasteiger partial charge in [0.2, 0.25) is 5.91 Å². The monoisotopic (exact) mass is 606 g/mol. The van der Waals surface area contributed by atoms with Gasteiger partial charge < -0.3 is 10.1 Å². The first-order valence-corrected chi connectivity index (χ1v) is 13.4. The lowest BCUT2D eigenvalue weighted by molar-refractivity contribution is -0.117. The molecule has 42 heavy (non-hydrogen) atoms. The summed E-state index contributed by atoms with van der Waals surface area (Å²) in [6.45, 7) is 1.30. The van der Waals surface area contributed by atoms with Crippen LogP contribution in [0.5, 0.6) is 0 Å². The molecule has 1 heterocycles. The summed E-state index contributed by atoms with van der Waals surface area (Å²) < 4.78 is 19.3. The number of aromatic nitrogens is 2. The van der Waals surface area contributed by atoms with Gasteiger partial charge in [-0.25, -0.2) is 9.18 Å². The Labute approximate surface area is 251 Å². The van der Waals surface area contributed by atoms with Gasteiger partial charge in [-0.1, -0.05) is 65.7 Å². The van der Waals surface area contributed by atoms with E-state index in [-0.39, 0.29) is 27.1 Å². The Hall–Kier alpha value is -4.60. The molecular weight excluding hydrogens is 582 g/mol. The molecule has 0 aliphatic rings. The minimum atomic E-state index is -0.796. The van der Waals surface area contributed by atoms with Crippen LogP contribution in [0.25, 0.3) is 17.2 Å². The zero-order valence-corrected chi connectivity index (χ0v) is 24.0. The molecule has 1 atom stereocenters. The summed E-state index contributed by atoms with van der Waals surface area (Å²) in [6.07, 6.45) is 2.12. The topological polar surface area (TPSA) is 110 Å². The van der Waals surface area contributed by atoms with Crippen LogP contribution in [0.2, 0.25) is 10.2 Å². The van der Waals surface area contributed by atoms with Gasteiger partial charge in [0.15, 0.2) is 10.9 Å². The van der Waals surface area contributed by atoms with Crippen molar-refractivity contribution in [2.45, 2.75) is 19.4 Å². The van der Waals surface area contributed by atoms with Crippen LogP contribution < -0.4 is 10.6 Å². The van der Waals surface area contributed by atoms with Crippen molar-refractivity contribution in [1.82, 2.24) is 15.5 Å². The highest BCUT2D eigenvalue weighted by molar-refractivity contribution is 6.32. The molecule has 3 aromatic carbocycles. The van der Waals surface area contributed by atoms with Crippen LogP contribution in [0.1, 0.15) is 40.1 Å². The third-order valence-electron chi connectivity index (χ3n) is 6.26. The largest absolute Gasteiger partial charge is 0.453 e. The van der Waals surface area contributed by atoms with Crippen LogP contribution >= 0.6 is 23.2 Å². The number of nitrogens with one attached hydrogen (secondary N) is 2. The molecule has 4 aromatic rings. The fourth-order valence-corrected chi connectivity index (χ4v) is 4.53. The van der Waals surface area contributed by atoms with Crippen molar-refractivity contribution in [3.63, 3.8) is 0 Å². The van der Waals surface area contributed by atoms with Crippen molar-refractivity contribution in [2.75, 3.05) is 12.4 Å². The first-order chi connectivity index (χ1) is 20.2. The van der Waals surface area contributed by atoms with E-state index in [1.54, 1.807) is 30.3 Å². The van der Waals surface area contributed by atoms with Crippen molar-refractivity contribution < 1.29 is 23.5 Å². The third kappa shape index (κ3) is 7.57. The maximum absolute atomic E-state index is 14.7. The van der Waals surface area contributed by atoms with Gasteiger partial charge in [-0.2, -0.15) is 5.10 Å². The van der Waals surface area contributed by atoms with E-state index in [0.717, 1.165) is 11.6 Å². The summed E-state index contributed by atoms with van der Waals surface area (Å²) in [4.78, 5) is 36.6. The number of rotatable bonds is 9. The predicted octanol–water partition coefficient (Wildman–Crippen LogP) is 7.08. The predicted molar refractivity (Wildman–Crippen MR) is 160 cm³/mol. The van der Waals surface area contributed by atoms with Crippen molar-refractivity contribution in [3.8, 4) is 11.1 Å². The minimum Gasteiger partial charge on any atom is -0.453 e. The molecule has 0 fully saturated rings. The number of hydrogen-bond acceptors (Lipinski definition) is 6. The Kier molecular flexibility index (Phi) is 10.0. The fraction of sp³-hybridized carbons (Fsp3) is 0.129. The molecule has 0 radical (unpaired) electrons. The lowest BCUT2D eigenvalue weighted by atomic mass is 10.00. The zero-order valence-electron chi connectivity index (χ0n) is 22.5. The maximum atomic E-state index is 14.7. The second-order valence-electron chi connectivity index (χ2n) is 9.13. The fourth-order valence-electron chi connectivity index (χ4n) is 4.16. The lowest BCUT2D eigenvalue weighted by Gasteiger charge is -2.18. The first-order valence-electron chi connectivity index (χ1n) is 12.7. The van der Waals surface area contributed by atoms with Gasteiger partial charge in [0.25, 0.3) is 0 Å². The Morgan fingerprint density at radius 1 is 1.00 bits per heavy atom. The van der Waals surface area contributed by atoms with Crippen molar-refractivity contribution in [3.05, 3.63) is 117 Å². The summed E-state index contributed by atoms with van der Waals surface area (Å²) in [5.41, 5.74) is 3.14. The van der Waals surface area contributed by atoms with Crippen LogP contribution in [-0.2, 0) is 16.0 Å². The molecule has 4 rings (SSSR count). The molecule has 0 bridgehead atoms. The Balaban J connectivity index is 1.64. The molecule has 2 N–H and O–H groups in total. The average Bonchev–Trinajstić information content (AvgIpc) is 2.98. The standard InChI is InChI=1S/C31H25Cl2FN4O4/c1-18(39)22-12-14-25(32)29(34)23(22)13-15-28(40)36-26(16-19-6-4-3-5-7-19)27-17-24(30(33)38-37-27)20-8-10-21(11-9-20)35-31(41)42-2/h3-15,17,26H,16H2,1-2H3,(H,35,41)(H,36,40)/b15-13+/t26-/m0/s1. The number of amides is 2. The highest BCUT2D eigenvalue weighted by atomic mass is 35.5. The number of methoxy groups -OCH3 is 1. The number of ketones is 1. The van der Waals surface area contributed by atoms with Gasteiger partial charge in [0, 0.05) is 28.5 Å². The van der Waals surface area contributed by atoms with Gasteiger partial charge in [0.05, 0.1) is 23.9 Å². The summed E-state index contributed by atoms with van der Waals surface area (Å²) in [6, 6.07) is 20.1. The maximum Gasteiger partial charge on any atom is 0.411 e. The Bertz CT molecular complexity index is 1650. The number of carbonyl (C=O) groups excluding carboxylic acids is 3. The average molecular weight is 607 g/mol. The van der Waals surface area contributed by atoms with Gasteiger partial charge >= 0.3 is 6.09 Å². The van der Waals surface area contributed by atoms with E-state index in [2.05, 4.69) is 25.6 Å². The van der Waals surface area contributed by atoms with E-state index in [1.807, 2.05) is 30.3 Å². The highest BCUT2D eigenvalue weighted by Gasteiger charge is 2.20. The number of halogens is 3. The Morgan fingerprint density at radius 3 is 2.38 bits per heavy atom. The molecule has 214 valence electrons. The van der Waals surface area contributed by atoms with Gasteiger partial charge in [0.1, 0.15) is 5.82 Å². The summed E-state index contributed by atoms with van der Waals surface area (Å²) in [5, 5.41) is 13.8. The molecule has 0 saturated carbocycles. The van der Waals surface area contributed by atoms with E-state index in [9.17, 15) is 18.8 Å². The quantitative estimate of drug-likeness (QED) is 0.155. The van der Waals surface area contributed by atoms with Crippen molar-refractivity contribution >= 4 is 52.7 Å². The molecule has 11 heteroatoms. The third-order valence-corrected chi connectivity index (χ3v) is 6.84. The molecule has 0 spiro atoms. The van der Waals surface area contributed by atoms with Crippen LogP contribution in [-0.4, -0.2) is 35.1 Å². The minimum absolute atomic E-state index is 0.0801. The molecule has 0 saturated heterocycles. The normalized spacial score (nSPS) is 11.6. The second kappa shape index (κ2) is 13.8. The van der Waals surface area contributed by atoms with Crippen LogP contribution in [0.15, 0.2) is 78.9 Å².